The maximum Gasteiger partial charge on any atom is 0.344 e. The van der Waals surface area contributed by atoms with Crippen LogP contribution in [-0.2, 0) is 14.3 Å². The molecule has 0 aliphatic heterocycles. The minimum Gasteiger partial charge on any atom is -0.482 e. The van der Waals surface area contributed by atoms with Gasteiger partial charge in [-0.05, 0) is 49.9 Å². The lowest BCUT2D eigenvalue weighted by Crippen LogP contribution is -2.46. The second-order valence-electron chi connectivity index (χ2n) is 6.55. The quantitative estimate of drug-likeness (QED) is 0.758. The Kier molecular flexibility index (Phi) is 7.44. The van der Waals surface area contributed by atoms with Crippen LogP contribution in [0.4, 0.5) is 4.79 Å². The van der Waals surface area contributed by atoms with E-state index < -0.39 is 24.5 Å². The van der Waals surface area contributed by atoms with Crippen LogP contribution >= 0.6 is 0 Å². The summed E-state index contributed by atoms with van der Waals surface area (Å²) in [5, 5.41) is 4.92. The van der Waals surface area contributed by atoms with Gasteiger partial charge in [-0.25, -0.2) is 9.59 Å². The van der Waals surface area contributed by atoms with Gasteiger partial charge in [-0.1, -0.05) is 25.3 Å². The van der Waals surface area contributed by atoms with E-state index in [0.717, 1.165) is 36.8 Å². The molecular formula is C19H26N2O5. The van der Waals surface area contributed by atoms with Gasteiger partial charge in [0.25, 0.3) is 5.91 Å². The third-order valence-corrected chi connectivity index (χ3v) is 4.39. The number of benzene rings is 1. The molecule has 7 nitrogen and oxygen atoms in total. The fourth-order valence-corrected chi connectivity index (χ4v) is 2.76. The van der Waals surface area contributed by atoms with Gasteiger partial charge in [0, 0.05) is 6.04 Å². The molecule has 1 aromatic rings. The summed E-state index contributed by atoms with van der Waals surface area (Å²) in [6, 6.07) is 5.03. The van der Waals surface area contributed by atoms with Gasteiger partial charge in [0.15, 0.2) is 13.2 Å². The van der Waals surface area contributed by atoms with Crippen LogP contribution < -0.4 is 15.4 Å². The molecule has 1 aromatic carbocycles. The zero-order valence-electron chi connectivity index (χ0n) is 15.3. The normalized spacial score (nSPS) is 14.4. The summed E-state index contributed by atoms with van der Waals surface area (Å²) >= 11 is 0. The standard InChI is InChI=1S/C19H26N2O5/c1-13-8-9-16(10-14(13)2)25-12-18(23)26-11-17(22)21-19(24)20-15-6-4-3-5-7-15/h8-10,15H,3-7,11-12H2,1-2H3,(H2,20,21,22,24). The largest absolute Gasteiger partial charge is 0.482 e. The van der Waals surface area contributed by atoms with Gasteiger partial charge in [-0.2, -0.15) is 0 Å². The fourth-order valence-electron chi connectivity index (χ4n) is 2.76. The molecule has 1 aliphatic carbocycles. The maximum absolute atomic E-state index is 11.7. The van der Waals surface area contributed by atoms with Gasteiger partial charge in [-0.3, -0.25) is 10.1 Å². The van der Waals surface area contributed by atoms with E-state index in [1.54, 1.807) is 6.07 Å². The highest BCUT2D eigenvalue weighted by atomic mass is 16.6. The van der Waals surface area contributed by atoms with Crippen LogP contribution in [-0.4, -0.2) is 37.2 Å². The SMILES string of the molecule is Cc1ccc(OCC(=O)OCC(=O)NC(=O)NC2CCCCC2)cc1C. The van der Waals surface area contributed by atoms with E-state index in [0.29, 0.717) is 5.75 Å². The number of amides is 3. The summed E-state index contributed by atoms with van der Waals surface area (Å²) in [7, 11) is 0. The Balaban J connectivity index is 1.63. The fraction of sp³-hybridized carbons (Fsp3) is 0.526. The first-order chi connectivity index (χ1) is 12.4. The van der Waals surface area contributed by atoms with Crippen molar-refractivity contribution in [1.82, 2.24) is 10.6 Å². The molecule has 1 aliphatic rings. The number of rotatable bonds is 6. The van der Waals surface area contributed by atoms with Crippen LogP contribution in [0.1, 0.15) is 43.2 Å². The molecule has 1 fully saturated rings. The lowest BCUT2D eigenvalue weighted by Gasteiger charge is -2.22. The first-order valence-electron chi connectivity index (χ1n) is 8.90. The van der Waals surface area contributed by atoms with Gasteiger partial charge >= 0.3 is 12.0 Å². The monoisotopic (exact) mass is 362 g/mol. The van der Waals surface area contributed by atoms with Crippen LogP contribution in [0.2, 0.25) is 0 Å². The number of urea groups is 1. The van der Waals surface area contributed by atoms with E-state index in [2.05, 4.69) is 10.6 Å². The number of ether oxygens (including phenoxy) is 2. The molecule has 0 heterocycles. The third-order valence-electron chi connectivity index (χ3n) is 4.39. The molecule has 2 rings (SSSR count). The Morgan fingerprint density at radius 3 is 2.46 bits per heavy atom. The van der Waals surface area contributed by atoms with E-state index in [4.69, 9.17) is 9.47 Å². The number of esters is 1. The first kappa shape index (κ1) is 19.8. The molecule has 0 saturated heterocycles. The number of hydrogen-bond acceptors (Lipinski definition) is 5. The summed E-state index contributed by atoms with van der Waals surface area (Å²) in [6.45, 7) is 3.11. The molecule has 26 heavy (non-hydrogen) atoms. The molecule has 0 unspecified atom stereocenters. The molecule has 1 saturated carbocycles. The Morgan fingerprint density at radius 2 is 1.77 bits per heavy atom. The molecule has 0 spiro atoms. The van der Waals surface area contributed by atoms with Crippen molar-refractivity contribution < 1.29 is 23.9 Å². The van der Waals surface area contributed by atoms with Crippen LogP contribution in [0.25, 0.3) is 0 Å². The highest BCUT2D eigenvalue weighted by molar-refractivity contribution is 5.95. The van der Waals surface area contributed by atoms with Gasteiger partial charge in [-0.15, -0.1) is 0 Å². The predicted molar refractivity (Wildman–Crippen MR) is 95.9 cm³/mol. The summed E-state index contributed by atoms with van der Waals surface area (Å²) < 4.78 is 10.1. The molecular weight excluding hydrogens is 336 g/mol. The van der Waals surface area contributed by atoms with Crippen molar-refractivity contribution in [3.05, 3.63) is 29.3 Å². The Morgan fingerprint density at radius 1 is 1.04 bits per heavy atom. The first-order valence-corrected chi connectivity index (χ1v) is 8.90. The number of nitrogens with one attached hydrogen (secondary N) is 2. The average Bonchev–Trinajstić information content (AvgIpc) is 2.61. The van der Waals surface area contributed by atoms with Gasteiger partial charge in [0.1, 0.15) is 5.75 Å². The minimum absolute atomic E-state index is 0.102. The van der Waals surface area contributed by atoms with Gasteiger partial charge in [0.05, 0.1) is 0 Å². The molecule has 7 heteroatoms. The molecule has 0 bridgehead atoms. The van der Waals surface area contributed by atoms with Crippen molar-refractivity contribution >= 4 is 17.9 Å². The molecule has 2 N–H and O–H groups in total. The van der Waals surface area contributed by atoms with E-state index in [1.807, 2.05) is 26.0 Å². The zero-order chi connectivity index (χ0) is 18.9. The van der Waals surface area contributed by atoms with Crippen LogP contribution in [0, 0.1) is 13.8 Å². The lowest BCUT2D eigenvalue weighted by molar-refractivity contribution is -0.150. The predicted octanol–water partition coefficient (Wildman–Crippen LogP) is 2.38. The number of imide groups is 1. The third kappa shape index (κ3) is 6.74. The Hall–Kier alpha value is -2.57. The number of carbonyl (C=O) groups excluding carboxylic acids is 3. The maximum atomic E-state index is 11.7. The summed E-state index contributed by atoms with van der Waals surface area (Å²) in [5.74, 6) is -0.787. The molecule has 142 valence electrons. The van der Waals surface area contributed by atoms with Crippen molar-refractivity contribution in [3.63, 3.8) is 0 Å². The summed E-state index contributed by atoms with van der Waals surface area (Å²) in [5.41, 5.74) is 2.18. The highest BCUT2D eigenvalue weighted by Crippen LogP contribution is 2.17. The molecule has 3 amide bonds. The van der Waals surface area contributed by atoms with Crippen LogP contribution in [0.15, 0.2) is 18.2 Å². The summed E-state index contributed by atoms with van der Waals surface area (Å²) in [4.78, 5) is 35.0. The molecule has 0 radical (unpaired) electrons. The van der Waals surface area contributed by atoms with Crippen molar-refractivity contribution in [1.29, 1.82) is 0 Å². The lowest BCUT2D eigenvalue weighted by atomic mass is 9.96. The van der Waals surface area contributed by atoms with Gasteiger partial charge < -0.3 is 14.8 Å². The number of hydrogen-bond donors (Lipinski definition) is 2. The smallest absolute Gasteiger partial charge is 0.344 e. The second-order valence-corrected chi connectivity index (χ2v) is 6.55. The van der Waals surface area contributed by atoms with E-state index in [9.17, 15) is 14.4 Å². The van der Waals surface area contributed by atoms with Gasteiger partial charge in [0.2, 0.25) is 0 Å². The Bertz CT molecular complexity index is 653. The van der Waals surface area contributed by atoms with Crippen molar-refractivity contribution in [3.8, 4) is 5.75 Å². The van der Waals surface area contributed by atoms with Crippen LogP contribution in [0.5, 0.6) is 5.75 Å². The number of carbonyl (C=O) groups is 3. The van der Waals surface area contributed by atoms with Crippen molar-refractivity contribution in [2.24, 2.45) is 0 Å². The van der Waals surface area contributed by atoms with E-state index in [1.165, 1.54) is 6.42 Å². The topological polar surface area (TPSA) is 93.7 Å². The molecule has 0 aromatic heterocycles. The minimum atomic E-state index is -0.675. The second kappa shape index (κ2) is 9.79. The Labute approximate surface area is 153 Å². The van der Waals surface area contributed by atoms with E-state index >= 15 is 0 Å². The molecule has 0 atom stereocenters. The van der Waals surface area contributed by atoms with Crippen LogP contribution in [0.3, 0.4) is 0 Å². The van der Waals surface area contributed by atoms with E-state index in [-0.39, 0.29) is 12.6 Å². The highest BCUT2D eigenvalue weighted by Gasteiger charge is 2.17. The number of aryl methyl sites for hydroxylation is 2. The average molecular weight is 362 g/mol. The van der Waals surface area contributed by atoms with Crippen molar-refractivity contribution in [2.75, 3.05) is 13.2 Å². The summed E-state index contributed by atoms with van der Waals surface area (Å²) in [6.07, 6.45) is 5.19. The zero-order valence-corrected chi connectivity index (χ0v) is 15.3. The van der Waals surface area contributed by atoms with Crippen molar-refractivity contribution in [2.45, 2.75) is 52.0 Å².